The van der Waals surface area contributed by atoms with Gasteiger partial charge in [-0.15, -0.1) is 0 Å². The molecule has 1 N–H and O–H groups in total. The van der Waals surface area contributed by atoms with E-state index in [1.165, 1.54) is 28.6 Å². The summed E-state index contributed by atoms with van der Waals surface area (Å²) >= 11 is 0. The summed E-state index contributed by atoms with van der Waals surface area (Å²) in [5, 5.41) is 2.33. The maximum Gasteiger partial charge on any atom is 0.321 e. The van der Waals surface area contributed by atoms with Crippen molar-refractivity contribution in [1.29, 1.82) is 0 Å². The summed E-state index contributed by atoms with van der Waals surface area (Å²) in [4.78, 5) is 13.9. The van der Waals surface area contributed by atoms with E-state index < -0.39 is 15.3 Å². The van der Waals surface area contributed by atoms with Crippen molar-refractivity contribution < 1.29 is 17.6 Å². The van der Waals surface area contributed by atoms with Crippen molar-refractivity contribution >= 4 is 21.7 Å². The Morgan fingerprint density at radius 2 is 1.87 bits per heavy atom. The monoisotopic (exact) mass is 341 g/mol. The molecule has 0 bridgehead atoms. The van der Waals surface area contributed by atoms with E-state index in [2.05, 4.69) is 5.32 Å². The van der Waals surface area contributed by atoms with E-state index in [0.29, 0.717) is 38.2 Å². The summed E-state index contributed by atoms with van der Waals surface area (Å²) in [5.74, 6) is -0.284. The maximum absolute atomic E-state index is 12.9. The molecule has 1 aromatic rings. The van der Waals surface area contributed by atoms with E-state index in [1.54, 1.807) is 11.9 Å². The zero-order chi connectivity index (χ0) is 16.6. The quantitative estimate of drug-likeness (QED) is 0.845. The van der Waals surface area contributed by atoms with Crippen LogP contribution in [0.2, 0.25) is 0 Å². The number of anilines is 1. The zero-order valence-corrected chi connectivity index (χ0v) is 13.7. The second-order valence-corrected chi connectivity index (χ2v) is 8.38. The third-order valence-corrected chi connectivity index (χ3v) is 7.07. The molecule has 3 rings (SSSR count). The van der Waals surface area contributed by atoms with Gasteiger partial charge in [0.05, 0.1) is 5.25 Å². The average molecular weight is 341 g/mol. The van der Waals surface area contributed by atoms with Gasteiger partial charge in [-0.25, -0.2) is 21.9 Å². The van der Waals surface area contributed by atoms with Crippen LogP contribution in [0.3, 0.4) is 0 Å². The van der Waals surface area contributed by atoms with Crippen LogP contribution in [0.1, 0.15) is 12.8 Å². The van der Waals surface area contributed by atoms with Gasteiger partial charge in [-0.1, -0.05) is 0 Å². The van der Waals surface area contributed by atoms with Crippen LogP contribution in [0.5, 0.6) is 0 Å². The number of nitrogens with one attached hydrogen (secondary N) is 1. The van der Waals surface area contributed by atoms with Crippen molar-refractivity contribution in [2.75, 3.05) is 32.0 Å². The molecule has 2 fully saturated rings. The number of benzene rings is 1. The SMILES string of the molecule is CN1C[C@H]2CCN(C(=O)Nc3ccc(F)cc3)CC[C@H]2S1(=O)=O. The molecular formula is C15H20FN3O3S. The van der Waals surface area contributed by atoms with Gasteiger partial charge in [0.25, 0.3) is 0 Å². The van der Waals surface area contributed by atoms with Crippen molar-refractivity contribution in [2.45, 2.75) is 18.1 Å². The fourth-order valence-electron chi connectivity index (χ4n) is 3.34. The van der Waals surface area contributed by atoms with Gasteiger partial charge >= 0.3 is 6.03 Å². The number of amides is 2. The van der Waals surface area contributed by atoms with E-state index >= 15 is 0 Å². The van der Waals surface area contributed by atoms with E-state index in [9.17, 15) is 17.6 Å². The summed E-state index contributed by atoms with van der Waals surface area (Å²) in [7, 11) is -1.61. The second-order valence-electron chi connectivity index (χ2n) is 6.13. The van der Waals surface area contributed by atoms with Gasteiger partial charge in [0.2, 0.25) is 10.0 Å². The lowest BCUT2D eigenvalue weighted by atomic mass is 10.0. The number of urea groups is 1. The second kappa shape index (κ2) is 6.09. The summed E-state index contributed by atoms with van der Waals surface area (Å²) < 4.78 is 38.8. The lowest BCUT2D eigenvalue weighted by Gasteiger charge is -2.22. The van der Waals surface area contributed by atoms with Crippen LogP contribution in [0.15, 0.2) is 24.3 Å². The molecule has 8 heteroatoms. The van der Waals surface area contributed by atoms with Crippen LogP contribution in [-0.4, -0.2) is 55.6 Å². The third kappa shape index (κ3) is 3.18. The predicted octanol–water partition coefficient (Wildman–Crippen LogP) is 1.71. The molecule has 2 amide bonds. The van der Waals surface area contributed by atoms with Crippen molar-refractivity contribution in [1.82, 2.24) is 9.21 Å². The number of carbonyl (C=O) groups excluding carboxylic acids is 1. The zero-order valence-electron chi connectivity index (χ0n) is 12.9. The lowest BCUT2D eigenvalue weighted by Crippen LogP contribution is -2.37. The number of sulfonamides is 1. The number of fused-ring (bicyclic) bond motifs is 1. The number of hydrogen-bond donors (Lipinski definition) is 1. The lowest BCUT2D eigenvalue weighted by molar-refractivity contribution is 0.212. The third-order valence-electron chi connectivity index (χ3n) is 4.67. The van der Waals surface area contributed by atoms with Crippen LogP contribution >= 0.6 is 0 Å². The van der Waals surface area contributed by atoms with Crippen LogP contribution in [-0.2, 0) is 10.0 Å². The van der Waals surface area contributed by atoms with Crippen molar-refractivity contribution in [3.05, 3.63) is 30.1 Å². The molecule has 0 radical (unpaired) electrons. The highest BCUT2D eigenvalue weighted by atomic mass is 32.2. The predicted molar refractivity (Wildman–Crippen MR) is 85.1 cm³/mol. The Kier molecular flexibility index (Phi) is 4.29. The summed E-state index contributed by atoms with van der Waals surface area (Å²) in [6.07, 6.45) is 1.12. The topological polar surface area (TPSA) is 69.7 Å². The van der Waals surface area contributed by atoms with Crippen LogP contribution in [0.25, 0.3) is 0 Å². The van der Waals surface area contributed by atoms with E-state index in [0.717, 1.165) is 0 Å². The summed E-state index contributed by atoms with van der Waals surface area (Å²) in [6.45, 7) is 1.46. The van der Waals surface area contributed by atoms with Crippen molar-refractivity contribution in [3.8, 4) is 0 Å². The molecule has 1 aromatic carbocycles. The highest BCUT2D eigenvalue weighted by molar-refractivity contribution is 7.90. The maximum atomic E-state index is 12.9. The molecular weight excluding hydrogens is 321 g/mol. The number of halogens is 1. The Morgan fingerprint density at radius 1 is 1.22 bits per heavy atom. The first-order chi connectivity index (χ1) is 10.9. The van der Waals surface area contributed by atoms with Gasteiger partial charge in [0, 0.05) is 32.4 Å². The van der Waals surface area contributed by atoms with Crippen LogP contribution in [0, 0.1) is 11.7 Å². The fourth-order valence-corrected chi connectivity index (χ4v) is 5.32. The number of likely N-dealkylation sites (tertiary alicyclic amines) is 1. The summed E-state index contributed by atoms with van der Waals surface area (Å²) in [5.41, 5.74) is 0.521. The van der Waals surface area contributed by atoms with Crippen molar-refractivity contribution in [2.24, 2.45) is 5.92 Å². The standard InChI is InChI=1S/C15H20FN3O3S/c1-18-10-11-6-8-19(9-7-14(11)23(18,21)22)15(20)17-13-4-2-12(16)3-5-13/h2-5,11,14H,6-10H2,1H3,(H,17,20)/t11-,14-/m1/s1. The fraction of sp³-hybridized carbons (Fsp3) is 0.533. The Labute approximate surface area is 135 Å². The molecule has 2 aliphatic heterocycles. The first-order valence-electron chi connectivity index (χ1n) is 7.64. The first kappa shape index (κ1) is 16.2. The van der Waals surface area contributed by atoms with Gasteiger partial charge in [0.1, 0.15) is 5.82 Å². The number of nitrogens with zero attached hydrogens (tertiary/aromatic N) is 2. The molecule has 6 nitrogen and oxygen atoms in total. The molecule has 0 saturated carbocycles. The molecule has 2 atom stereocenters. The molecule has 23 heavy (non-hydrogen) atoms. The highest BCUT2D eigenvalue weighted by Gasteiger charge is 2.45. The molecule has 0 aliphatic carbocycles. The van der Waals surface area contributed by atoms with Gasteiger partial charge in [-0.05, 0) is 43.0 Å². The molecule has 0 spiro atoms. The molecule has 0 aromatic heterocycles. The minimum atomic E-state index is -3.23. The average Bonchev–Trinajstić information content (AvgIpc) is 2.67. The van der Waals surface area contributed by atoms with E-state index in [1.807, 2.05) is 0 Å². The Balaban J connectivity index is 1.65. The number of rotatable bonds is 1. The smallest absolute Gasteiger partial charge is 0.321 e. The molecule has 126 valence electrons. The van der Waals surface area contributed by atoms with E-state index in [4.69, 9.17) is 0 Å². The minimum Gasteiger partial charge on any atom is -0.324 e. The van der Waals surface area contributed by atoms with Gasteiger partial charge < -0.3 is 10.2 Å². The van der Waals surface area contributed by atoms with Crippen LogP contribution in [0.4, 0.5) is 14.9 Å². The Bertz CT molecular complexity index is 692. The normalized spacial score (nSPS) is 27.3. The van der Waals surface area contributed by atoms with E-state index in [-0.39, 0.29) is 17.8 Å². The minimum absolute atomic E-state index is 0.0774. The largest absolute Gasteiger partial charge is 0.324 e. The van der Waals surface area contributed by atoms with Gasteiger partial charge in [-0.2, -0.15) is 0 Å². The van der Waals surface area contributed by atoms with Gasteiger partial charge in [0.15, 0.2) is 0 Å². The molecule has 0 unspecified atom stereocenters. The van der Waals surface area contributed by atoms with Crippen LogP contribution < -0.4 is 5.32 Å². The molecule has 2 saturated heterocycles. The highest BCUT2D eigenvalue weighted by Crippen LogP contribution is 2.33. The van der Waals surface area contributed by atoms with Crippen molar-refractivity contribution in [3.63, 3.8) is 0 Å². The number of hydrogen-bond acceptors (Lipinski definition) is 3. The molecule has 2 aliphatic rings. The van der Waals surface area contributed by atoms with Gasteiger partial charge in [-0.3, -0.25) is 0 Å². The Morgan fingerprint density at radius 3 is 2.57 bits per heavy atom. The number of carbonyl (C=O) groups is 1. The summed E-state index contributed by atoms with van der Waals surface area (Å²) in [6, 6.07) is 5.29. The Hall–Kier alpha value is -1.67. The molecule has 2 heterocycles. The first-order valence-corrected chi connectivity index (χ1v) is 9.15.